The number of allylic oxidation sites excluding steroid dienone is 1. The van der Waals surface area contributed by atoms with E-state index < -0.39 is 0 Å². The number of carbonyl (C=O) groups is 2. The SMILES string of the molecule is CC(=O)O[C@H]1CC[C@]2(C)C(=CC[C@H]3[C@@H]2CC[C@]2(C)[C@H]3C[C@H]3O[C@]32[C@@H](C)OC(C)=O)C1. The minimum atomic E-state index is -0.286. The lowest BCUT2D eigenvalue weighted by molar-refractivity contribution is -0.159. The lowest BCUT2D eigenvalue weighted by Gasteiger charge is -2.58. The fraction of sp³-hybridized carbons (Fsp3) is 0.840. The van der Waals surface area contributed by atoms with Gasteiger partial charge in [0.25, 0.3) is 0 Å². The molecule has 4 aliphatic carbocycles. The summed E-state index contributed by atoms with van der Waals surface area (Å²) in [6.07, 6.45) is 10.1. The maximum Gasteiger partial charge on any atom is 0.302 e. The number of rotatable bonds is 3. The Bertz CT molecular complexity index is 803. The van der Waals surface area contributed by atoms with Crippen molar-refractivity contribution >= 4 is 11.9 Å². The summed E-state index contributed by atoms with van der Waals surface area (Å²) < 4.78 is 17.5. The van der Waals surface area contributed by atoms with Gasteiger partial charge in [-0.25, -0.2) is 0 Å². The monoisotopic (exact) mass is 416 g/mol. The summed E-state index contributed by atoms with van der Waals surface area (Å²) >= 11 is 0. The first-order chi connectivity index (χ1) is 14.1. The van der Waals surface area contributed by atoms with Gasteiger partial charge in [-0.3, -0.25) is 9.59 Å². The molecule has 3 saturated carbocycles. The van der Waals surface area contributed by atoms with E-state index in [0.29, 0.717) is 17.8 Å². The molecule has 0 aromatic heterocycles. The third-order valence-corrected chi connectivity index (χ3v) is 9.85. The molecule has 5 heteroatoms. The summed E-state index contributed by atoms with van der Waals surface area (Å²) in [5.41, 5.74) is 1.53. The molecular formula is C25H36O5. The van der Waals surface area contributed by atoms with Gasteiger partial charge < -0.3 is 14.2 Å². The zero-order chi connectivity index (χ0) is 21.5. The van der Waals surface area contributed by atoms with Crippen LogP contribution >= 0.6 is 0 Å². The second-order valence-electron chi connectivity index (χ2n) is 11.1. The topological polar surface area (TPSA) is 65.1 Å². The minimum Gasteiger partial charge on any atom is -0.462 e. The Morgan fingerprint density at radius 3 is 2.60 bits per heavy atom. The van der Waals surface area contributed by atoms with E-state index in [-0.39, 0.29) is 46.7 Å². The van der Waals surface area contributed by atoms with Crippen molar-refractivity contribution in [2.45, 2.75) is 103 Å². The van der Waals surface area contributed by atoms with Gasteiger partial charge in [0.15, 0.2) is 0 Å². The van der Waals surface area contributed by atoms with Crippen molar-refractivity contribution in [2.75, 3.05) is 0 Å². The fourth-order valence-corrected chi connectivity index (χ4v) is 8.52. The van der Waals surface area contributed by atoms with Crippen LogP contribution in [0, 0.1) is 28.6 Å². The van der Waals surface area contributed by atoms with Gasteiger partial charge in [-0.1, -0.05) is 25.5 Å². The number of esters is 2. The quantitative estimate of drug-likeness (QED) is 0.383. The van der Waals surface area contributed by atoms with E-state index in [1.165, 1.54) is 25.8 Å². The average Bonchev–Trinajstić information content (AvgIpc) is 3.33. The molecule has 0 unspecified atom stereocenters. The van der Waals surface area contributed by atoms with Gasteiger partial charge in [-0.2, -0.15) is 0 Å². The highest BCUT2D eigenvalue weighted by Crippen LogP contribution is 2.74. The third kappa shape index (κ3) is 2.63. The summed E-state index contributed by atoms with van der Waals surface area (Å²) in [6.45, 7) is 9.90. The Morgan fingerprint density at radius 2 is 1.90 bits per heavy atom. The molecule has 1 heterocycles. The standard InChI is InChI=1S/C25H36O5/c1-14(28-15(2)26)25-22(30-25)13-21-19-7-6-17-12-18(29-16(3)27)8-10-23(17,4)20(19)9-11-24(21,25)5/h6,14,18-22H,7-13H2,1-5H3/t14-,18+,19+,20+,21+,22-,23-,24-,25-/m1/s1. The molecule has 30 heavy (non-hydrogen) atoms. The second kappa shape index (κ2) is 6.57. The first-order valence-electron chi connectivity index (χ1n) is 11.8. The Hall–Kier alpha value is -1.36. The minimum absolute atomic E-state index is 0.0487. The molecule has 1 saturated heterocycles. The molecule has 0 aromatic rings. The number of carbonyl (C=O) groups excluding carboxylic acids is 2. The van der Waals surface area contributed by atoms with Gasteiger partial charge in [0.2, 0.25) is 0 Å². The van der Waals surface area contributed by atoms with E-state index >= 15 is 0 Å². The first kappa shape index (κ1) is 20.5. The van der Waals surface area contributed by atoms with Crippen LogP contribution in [0.2, 0.25) is 0 Å². The van der Waals surface area contributed by atoms with Crippen molar-refractivity contribution in [2.24, 2.45) is 28.6 Å². The van der Waals surface area contributed by atoms with Crippen LogP contribution in [-0.2, 0) is 23.8 Å². The highest BCUT2D eigenvalue weighted by molar-refractivity contribution is 5.66. The smallest absolute Gasteiger partial charge is 0.302 e. The molecule has 4 fully saturated rings. The zero-order valence-corrected chi connectivity index (χ0v) is 19.0. The van der Waals surface area contributed by atoms with Gasteiger partial charge in [-0.05, 0) is 68.6 Å². The zero-order valence-electron chi connectivity index (χ0n) is 19.0. The number of ether oxygens (including phenoxy) is 3. The lowest BCUT2D eigenvalue weighted by atomic mass is 9.47. The Kier molecular flexibility index (Phi) is 4.50. The third-order valence-electron chi connectivity index (χ3n) is 9.85. The molecule has 0 aromatic carbocycles. The highest BCUT2D eigenvalue weighted by Gasteiger charge is 2.79. The van der Waals surface area contributed by atoms with Crippen LogP contribution in [0.1, 0.15) is 79.6 Å². The summed E-state index contributed by atoms with van der Waals surface area (Å²) in [4.78, 5) is 23.1. The number of epoxide rings is 1. The molecule has 5 aliphatic rings. The number of hydrogen-bond donors (Lipinski definition) is 0. The van der Waals surface area contributed by atoms with E-state index in [4.69, 9.17) is 14.2 Å². The van der Waals surface area contributed by atoms with Crippen LogP contribution in [0.5, 0.6) is 0 Å². The molecule has 5 rings (SSSR count). The Morgan fingerprint density at radius 1 is 1.13 bits per heavy atom. The molecule has 0 spiro atoms. The van der Waals surface area contributed by atoms with Crippen molar-refractivity contribution in [1.82, 2.24) is 0 Å². The summed E-state index contributed by atoms with van der Waals surface area (Å²) in [7, 11) is 0. The Labute approximate surface area is 179 Å². The summed E-state index contributed by atoms with van der Waals surface area (Å²) in [5.74, 6) is 1.60. The normalized spacial score (nSPS) is 49.5. The largest absolute Gasteiger partial charge is 0.462 e. The van der Waals surface area contributed by atoms with Crippen LogP contribution in [0.25, 0.3) is 0 Å². The predicted molar refractivity (Wildman–Crippen MR) is 111 cm³/mol. The van der Waals surface area contributed by atoms with Gasteiger partial charge >= 0.3 is 11.9 Å². The van der Waals surface area contributed by atoms with E-state index in [1.54, 1.807) is 0 Å². The molecule has 5 nitrogen and oxygen atoms in total. The fourth-order valence-electron chi connectivity index (χ4n) is 8.52. The van der Waals surface area contributed by atoms with Crippen LogP contribution in [0.15, 0.2) is 11.6 Å². The molecule has 0 bridgehead atoms. The van der Waals surface area contributed by atoms with E-state index in [0.717, 1.165) is 38.5 Å². The Balaban J connectivity index is 1.40. The van der Waals surface area contributed by atoms with E-state index in [1.807, 2.05) is 6.92 Å². The second-order valence-corrected chi connectivity index (χ2v) is 11.1. The first-order valence-corrected chi connectivity index (χ1v) is 11.8. The van der Waals surface area contributed by atoms with Crippen molar-refractivity contribution < 1.29 is 23.8 Å². The predicted octanol–water partition coefficient (Wildman–Crippen LogP) is 4.58. The molecular weight excluding hydrogens is 380 g/mol. The van der Waals surface area contributed by atoms with Crippen molar-refractivity contribution in [1.29, 1.82) is 0 Å². The molecule has 0 radical (unpaired) electrons. The molecule has 1 aliphatic heterocycles. The van der Waals surface area contributed by atoms with Crippen LogP contribution < -0.4 is 0 Å². The van der Waals surface area contributed by atoms with Crippen LogP contribution in [0.3, 0.4) is 0 Å². The average molecular weight is 417 g/mol. The van der Waals surface area contributed by atoms with Gasteiger partial charge in [0.1, 0.15) is 17.8 Å². The summed E-state index contributed by atoms with van der Waals surface area (Å²) in [6, 6.07) is 0. The van der Waals surface area contributed by atoms with Gasteiger partial charge in [-0.15, -0.1) is 0 Å². The number of hydrogen-bond acceptors (Lipinski definition) is 5. The van der Waals surface area contributed by atoms with Crippen molar-refractivity contribution in [3.05, 3.63) is 11.6 Å². The van der Waals surface area contributed by atoms with E-state index in [2.05, 4.69) is 19.9 Å². The molecule has 0 N–H and O–H groups in total. The molecule has 0 amide bonds. The maximum atomic E-state index is 11.6. The molecule has 166 valence electrons. The van der Waals surface area contributed by atoms with Crippen LogP contribution in [-0.4, -0.2) is 35.9 Å². The molecule has 9 atom stereocenters. The van der Waals surface area contributed by atoms with Crippen LogP contribution in [0.4, 0.5) is 0 Å². The highest BCUT2D eigenvalue weighted by atomic mass is 16.7. The van der Waals surface area contributed by atoms with Gasteiger partial charge in [0.05, 0.1) is 6.10 Å². The van der Waals surface area contributed by atoms with Crippen molar-refractivity contribution in [3.8, 4) is 0 Å². The number of fused-ring (bicyclic) bond motifs is 7. The van der Waals surface area contributed by atoms with Gasteiger partial charge in [0, 0.05) is 25.7 Å². The van der Waals surface area contributed by atoms with E-state index in [9.17, 15) is 9.59 Å². The summed E-state index contributed by atoms with van der Waals surface area (Å²) in [5, 5.41) is 0. The lowest BCUT2D eigenvalue weighted by Crippen LogP contribution is -2.55. The van der Waals surface area contributed by atoms with Crippen molar-refractivity contribution in [3.63, 3.8) is 0 Å². The maximum absolute atomic E-state index is 11.6.